The number of benzene rings is 1. The van der Waals surface area contributed by atoms with E-state index in [1.165, 1.54) is 6.92 Å². The second-order valence-electron chi connectivity index (χ2n) is 5.73. The van der Waals surface area contributed by atoms with Crippen molar-refractivity contribution in [2.75, 3.05) is 0 Å². The summed E-state index contributed by atoms with van der Waals surface area (Å²) in [7, 11) is 0. The molecule has 1 aromatic carbocycles. The number of fused-ring (bicyclic) bond motifs is 2. The van der Waals surface area contributed by atoms with Crippen LogP contribution in [0.5, 0.6) is 5.75 Å². The number of carbonyl (C=O) groups is 2. The van der Waals surface area contributed by atoms with Crippen molar-refractivity contribution in [2.45, 2.75) is 26.4 Å². The van der Waals surface area contributed by atoms with Crippen molar-refractivity contribution in [3.05, 3.63) is 42.0 Å². The lowest BCUT2D eigenvalue weighted by molar-refractivity contribution is -0.150. The van der Waals surface area contributed by atoms with E-state index in [0.717, 1.165) is 18.4 Å². The predicted octanol–water partition coefficient (Wildman–Crippen LogP) is 2.87. The zero-order valence-electron chi connectivity index (χ0n) is 12.0. The van der Waals surface area contributed by atoms with Crippen LogP contribution in [-0.4, -0.2) is 11.9 Å². The number of rotatable bonds is 4. The third-order valence-corrected chi connectivity index (χ3v) is 4.15. The molecule has 0 amide bonds. The summed E-state index contributed by atoms with van der Waals surface area (Å²) in [5, 5.41) is 0. The van der Waals surface area contributed by atoms with Gasteiger partial charge in [0.2, 0.25) is 0 Å². The fourth-order valence-electron chi connectivity index (χ4n) is 3.13. The third-order valence-electron chi connectivity index (χ3n) is 4.15. The van der Waals surface area contributed by atoms with Crippen LogP contribution in [-0.2, 0) is 20.9 Å². The molecule has 21 heavy (non-hydrogen) atoms. The van der Waals surface area contributed by atoms with E-state index in [1.807, 2.05) is 0 Å². The molecule has 4 nitrogen and oxygen atoms in total. The molecule has 1 fully saturated rings. The standard InChI is InChI=1S/C17H18O4/c1-11(18)21-15-6-3-12(4-7-15)10-20-17(19)16-9-13-2-5-14(16)8-13/h2-7,13-14,16H,8-10H2,1H3. The van der Waals surface area contributed by atoms with Crippen LogP contribution in [0.3, 0.4) is 0 Å². The van der Waals surface area contributed by atoms with Crippen LogP contribution in [0.4, 0.5) is 0 Å². The minimum absolute atomic E-state index is 0.0281. The Kier molecular flexibility index (Phi) is 3.78. The first-order valence-corrected chi connectivity index (χ1v) is 7.24. The van der Waals surface area contributed by atoms with Crippen molar-refractivity contribution in [1.82, 2.24) is 0 Å². The van der Waals surface area contributed by atoms with Gasteiger partial charge in [-0.05, 0) is 42.4 Å². The fraction of sp³-hybridized carbons (Fsp3) is 0.412. The minimum Gasteiger partial charge on any atom is -0.461 e. The number of carbonyl (C=O) groups excluding carboxylic acids is 2. The van der Waals surface area contributed by atoms with E-state index < -0.39 is 0 Å². The normalized spacial score (nSPS) is 25.9. The molecule has 0 radical (unpaired) electrons. The molecular weight excluding hydrogens is 268 g/mol. The summed E-state index contributed by atoms with van der Waals surface area (Å²) < 4.78 is 10.4. The summed E-state index contributed by atoms with van der Waals surface area (Å²) in [6.07, 6.45) is 6.37. The SMILES string of the molecule is CC(=O)Oc1ccc(COC(=O)C2CC3C=CC2C3)cc1. The quantitative estimate of drug-likeness (QED) is 0.485. The summed E-state index contributed by atoms with van der Waals surface area (Å²) in [6, 6.07) is 6.99. The Balaban J connectivity index is 1.52. The van der Waals surface area contributed by atoms with Crippen molar-refractivity contribution in [1.29, 1.82) is 0 Å². The summed E-state index contributed by atoms with van der Waals surface area (Å²) in [6.45, 7) is 1.62. The molecule has 1 aromatic rings. The van der Waals surface area contributed by atoms with E-state index in [2.05, 4.69) is 12.2 Å². The van der Waals surface area contributed by atoms with Gasteiger partial charge in [0.1, 0.15) is 12.4 Å². The molecule has 0 spiro atoms. The molecule has 1 saturated carbocycles. The summed E-state index contributed by atoms with van der Waals surface area (Å²) >= 11 is 0. The highest BCUT2D eigenvalue weighted by Gasteiger charge is 2.40. The highest BCUT2D eigenvalue weighted by atomic mass is 16.5. The largest absolute Gasteiger partial charge is 0.461 e. The summed E-state index contributed by atoms with van der Waals surface area (Å²) in [5.74, 6) is 1.01. The van der Waals surface area contributed by atoms with Crippen LogP contribution in [0.15, 0.2) is 36.4 Å². The molecule has 2 aliphatic rings. The van der Waals surface area contributed by atoms with Gasteiger partial charge in [0.15, 0.2) is 0 Å². The first kappa shape index (κ1) is 13.9. The molecule has 3 unspecified atom stereocenters. The van der Waals surface area contributed by atoms with Gasteiger partial charge in [-0.15, -0.1) is 0 Å². The number of esters is 2. The lowest BCUT2D eigenvalue weighted by Gasteiger charge is -2.16. The van der Waals surface area contributed by atoms with E-state index >= 15 is 0 Å². The first-order chi connectivity index (χ1) is 10.1. The van der Waals surface area contributed by atoms with Gasteiger partial charge in [0, 0.05) is 6.92 Å². The van der Waals surface area contributed by atoms with Crippen LogP contribution in [0.1, 0.15) is 25.3 Å². The van der Waals surface area contributed by atoms with Gasteiger partial charge in [0.25, 0.3) is 0 Å². The molecule has 0 heterocycles. The molecule has 2 aliphatic carbocycles. The van der Waals surface area contributed by atoms with Crippen LogP contribution in [0, 0.1) is 17.8 Å². The zero-order valence-corrected chi connectivity index (χ0v) is 12.0. The van der Waals surface area contributed by atoms with Crippen molar-refractivity contribution >= 4 is 11.9 Å². The molecule has 2 bridgehead atoms. The van der Waals surface area contributed by atoms with Gasteiger partial charge in [-0.2, -0.15) is 0 Å². The Morgan fingerprint density at radius 2 is 1.90 bits per heavy atom. The lowest BCUT2D eigenvalue weighted by atomic mass is 9.94. The van der Waals surface area contributed by atoms with Crippen LogP contribution in [0.25, 0.3) is 0 Å². The van der Waals surface area contributed by atoms with E-state index in [4.69, 9.17) is 9.47 Å². The minimum atomic E-state index is -0.349. The van der Waals surface area contributed by atoms with E-state index in [0.29, 0.717) is 17.6 Å². The van der Waals surface area contributed by atoms with Crippen molar-refractivity contribution < 1.29 is 19.1 Å². The second kappa shape index (κ2) is 5.72. The van der Waals surface area contributed by atoms with Crippen LogP contribution in [0.2, 0.25) is 0 Å². The number of ether oxygens (including phenoxy) is 2. The Labute approximate surface area is 123 Å². The molecule has 3 rings (SSSR count). The first-order valence-electron chi connectivity index (χ1n) is 7.24. The average Bonchev–Trinajstić information content (AvgIpc) is 3.08. The molecular formula is C17H18O4. The number of hydrogen-bond donors (Lipinski definition) is 0. The van der Waals surface area contributed by atoms with Gasteiger partial charge < -0.3 is 9.47 Å². The highest BCUT2D eigenvalue weighted by molar-refractivity contribution is 5.74. The second-order valence-corrected chi connectivity index (χ2v) is 5.73. The molecule has 3 atom stereocenters. The van der Waals surface area contributed by atoms with E-state index in [1.54, 1.807) is 24.3 Å². The molecule has 0 aromatic heterocycles. The maximum absolute atomic E-state index is 12.1. The summed E-state index contributed by atoms with van der Waals surface area (Å²) in [4.78, 5) is 22.9. The average molecular weight is 286 g/mol. The monoisotopic (exact) mass is 286 g/mol. The van der Waals surface area contributed by atoms with Gasteiger partial charge in [-0.25, -0.2) is 0 Å². The van der Waals surface area contributed by atoms with Crippen LogP contribution >= 0.6 is 0 Å². The fourth-order valence-corrected chi connectivity index (χ4v) is 3.13. The van der Waals surface area contributed by atoms with E-state index in [-0.39, 0.29) is 24.5 Å². The predicted molar refractivity (Wildman–Crippen MR) is 76.4 cm³/mol. The van der Waals surface area contributed by atoms with Crippen molar-refractivity contribution in [3.63, 3.8) is 0 Å². The topological polar surface area (TPSA) is 52.6 Å². The number of hydrogen-bond acceptors (Lipinski definition) is 4. The molecule has 0 saturated heterocycles. The Hall–Kier alpha value is -2.10. The van der Waals surface area contributed by atoms with Crippen molar-refractivity contribution in [2.24, 2.45) is 17.8 Å². The van der Waals surface area contributed by atoms with Gasteiger partial charge >= 0.3 is 11.9 Å². The third kappa shape index (κ3) is 3.15. The molecule has 4 heteroatoms. The maximum atomic E-state index is 12.1. The van der Waals surface area contributed by atoms with Gasteiger partial charge in [-0.1, -0.05) is 24.3 Å². The molecule has 0 aliphatic heterocycles. The maximum Gasteiger partial charge on any atom is 0.309 e. The summed E-state index contributed by atoms with van der Waals surface area (Å²) in [5.41, 5.74) is 0.887. The van der Waals surface area contributed by atoms with Gasteiger partial charge in [-0.3, -0.25) is 9.59 Å². The van der Waals surface area contributed by atoms with Crippen molar-refractivity contribution in [3.8, 4) is 5.75 Å². The van der Waals surface area contributed by atoms with Gasteiger partial charge in [0.05, 0.1) is 5.92 Å². The smallest absolute Gasteiger partial charge is 0.309 e. The zero-order chi connectivity index (χ0) is 14.8. The molecule has 0 N–H and O–H groups in total. The number of allylic oxidation sites excluding steroid dienone is 2. The Morgan fingerprint density at radius 1 is 1.14 bits per heavy atom. The van der Waals surface area contributed by atoms with E-state index in [9.17, 15) is 9.59 Å². The lowest BCUT2D eigenvalue weighted by Crippen LogP contribution is -2.21. The highest BCUT2D eigenvalue weighted by Crippen LogP contribution is 2.43. The Morgan fingerprint density at radius 3 is 2.48 bits per heavy atom. The molecule has 110 valence electrons. The van der Waals surface area contributed by atoms with Crippen LogP contribution < -0.4 is 4.74 Å². The Bertz CT molecular complexity index is 573.